The molecule has 1 aromatic heterocycles. The van der Waals surface area contributed by atoms with Gasteiger partial charge in [-0.25, -0.2) is 0 Å². The highest BCUT2D eigenvalue weighted by Crippen LogP contribution is 2.05. The van der Waals surface area contributed by atoms with Crippen LogP contribution in [0.3, 0.4) is 0 Å². The van der Waals surface area contributed by atoms with Gasteiger partial charge in [0.05, 0.1) is 6.54 Å². The topological polar surface area (TPSA) is 37.2 Å². The fourth-order valence-electron chi connectivity index (χ4n) is 1.52. The lowest BCUT2D eigenvalue weighted by molar-refractivity contribution is 0.423. The molecule has 0 saturated carbocycles. The molecule has 92 valence electrons. The standard InChI is InChI=1S/C13H24N2O/c1-10(2)7-14-8-11(3)15-9-13-6-5-12(4)16-13/h5-6,10-11,14-15H,7-9H2,1-4H3. The minimum absolute atomic E-state index is 0.462. The third kappa shape index (κ3) is 5.33. The molecule has 1 aromatic rings. The number of hydrogen-bond donors (Lipinski definition) is 2. The third-order valence-corrected chi connectivity index (χ3v) is 2.42. The van der Waals surface area contributed by atoms with Crippen molar-refractivity contribution >= 4 is 0 Å². The van der Waals surface area contributed by atoms with Crippen LogP contribution in [0.5, 0.6) is 0 Å². The maximum absolute atomic E-state index is 5.49. The number of furan rings is 1. The number of rotatable bonds is 7. The summed E-state index contributed by atoms with van der Waals surface area (Å²) in [6.07, 6.45) is 0. The highest BCUT2D eigenvalue weighted by Gasteiger charge is 2.03. The summed E-state index contributed by atoms with van der Waals surface area (Å²) in [5.41, 5.74) is 0. The quantitative estimate of drug-likeness (QED) is 0.746. The molecule has 1 unspecified atom stereocenters. The number of nitrogens with one attached hydrogen (secondary N) is 2. The lowest BCUT2D eigenvalue weighted by atomic mass is 10.2. The van der Waals surface area contributed by atoms with Gasteiger partial charge in [0.2, 0.25) is 0 Å². The molecule has 0 aliphatic heterocycles. The van der Waals surface area contributed by atoms with E-state index in [2.05, 4.69) is 31.4 Å². The first-order chi connectivity index (χ1) is 7.58. The Labute approximate surface area is 98.6 Å². The van der Waals surface area contributed by atoms with Crippen molar-refractivity contribution in [2.75, 3.05) is 13.1 Å². The van der Waals surface area contributed by atoms with Crippen LogP contribution in [0.4, 0.5) is 0 Å². The summed E-state index contributed by atoms with van der Waals surface area (Å²) in [5, 5.41) is 6.86. The van der Waals surface area contributed by atoms with Crippen LogP contribution in [-0.4, -0.2) is 19.1 Å². The first-order valence-electron chi connectivity index (χ1n) is 6.07. The summed E-state index contributed by atoms with van der Waals surface area (Å²) < 4.78 is 5.49. The van der Waals surface area contributed by atoms with Gasteiger partial charge >= 0.3 is 0 Å². The van der Waals surface area contributed by atoms with Gasteiger partial charge in [-0.3, -0.25) is 0 Å². The van der Waals surface area contributed by atoms with Crippen molar-refractivity contribution < 1.29 is 4.42 Å². The Morgan fingerprint density at radius 1 is 1.19 bits per heavy atom. The highest BCUT2D eigenvalue weighted by atomic mass is 16.3. The zero-order valence-corrected chi connectivity index (χ0v) is 10.8. The normalized spacial score (nSPS) is 13.3. The van der Waals surface area contributed by atoms with Crippen molar-refractivity contribution in [1.29, 1.82) is 0 Å². The van der Waals surface area contributed by atoms with E-state index in [-0.39, 0.29) is 0 Å². The Bertz CT molecular complexity index is 294. The first-order valence-corrected chi connectivity index (χ1v) is 6.07. The van der Waals surface area contributed by atoms with Crippen LogP contribution < -0.4 is 10.6 Å². The predicted molar refractivity (Wildman–Crippen MR) is 67.5 cm³/mol. The van der Waals surface area contributed by atoms with E-state index in [9.17, 15) is 0 Å². The summed E-state index contributed by atoms with van der Waals surface area (Å²) in [4.78, 5) is 0. The van der Waals surface area contributed by atoms with Gasteiger partial charge in [-0.05, 0) is 38.4 Å². The van der Waals surface area contributed by atoms with Crippen LogP contribution in [0.2, 0.25) is 0 Å². The number of hydrogen-bond acceptors (Lipinski definition) is 3. The smallest absolute Gasteiger partial charge is 0.117 e. The second-order valence-corrected chi connectivity index (χ2v) is 4.85. The second-order valence-electron chi connectivity index (χ2n) is 4.85. The molecule has 0 amide bonds. The molecular weight excluding hydrogens is 200 g/mol. The van der Waals surface area contributed by atoms with Gasteiger partial charge in [-0.1, -0.05) is 13.8 Å². The molecule has 1 rings (SSSR count). The second kappa shape index (κ2) is 6.71. The van der Waals surface area contributed by atoms with E-state index in [1.165, 1.54) is 0 Å². The molecular formula is C13H24N2O. The van der Waals surface area contributed by atoms with E-state index < -0.39 is 0 Å². The monoisotopic (exact) mass is 224 g/mol. The largest absolute Gasteiger partial charge is 0.465 e. The molecule has 0 aliphatic rings. The summed E-state index contributed by atoms with van der Waals surface area (Å²) in [5.74, 6) is 2.69. The van der Waals surface area contributed by atoms with Crippen LogP contribution in [0.15, 0.2) is 16.5 Å². The third-order valence-electron chi connectivity index (χ3n) is 2.42. The van der Waals surface area contributed by atoms with E-state index in [1.54, 1.807) is 0 Å². The lowest BCUT2D eigenvalue weighted by Crippen LogP contribution is -2.37. The first kappa shape index (κ1) is 13.3. The van der Waals surface area contributed by atoms with E-state index in [1.807, 2.05) is 19.1 Å². The molecule has 16 heavy (non-hydrogen) atoms. The van der Waals surface area contributed by atoms with Gasteiger partial charge in [-0.2, -0.15) is 0 Å². The van der Waals surface area contributed by atoms with E-state index in [0.717, 1.165) is 31.2 Å². The minimum Gasteiger partial charge on any atom is -0.465 e. The van der Waals surface area contributed by atoms with Crippen LogP contribution >= 0.6 is 0 Å². The summed E-state index contributed by atoms with van der Waals surface area (Å²) in [6, 6.07) is 4.49. The fraction of sp³-hybridized carbons (Fsp3) is 0.692. The SMILES string of the molecule is Cc1ccc(CNC(C)CNCC(C)C)o1. The van der Waals surface area contributed by atoms with Crippen molar-refractivity contribution in [3.63, 3.8) is 0 Å². The number of aryl methyl sites for hydroxylation is 1. The molecule has 1 heterocycles. The molecule has 3 heteroatoms. The summed E-state index contributed by atoms with van der Waals surface area (Å²) in [6.45, 7) is 11.5. The minimum atomic E-state index is 0.462. The van der Waals surface area contributed by atoms with Crippen molar-refractivity contribution in [2.45, 2.75) is 40.3 Å². The summed E-state index contributed by atoms with van der Waals surface area (Å²) in [7, 11) is 0. The van der Waals surface area contributed by atoms with Gasteiger partial charge in [0.25, 0.3) is 0 Å². The summed E-state index contributed by atoms with van der Waals surface area (Å²) >= 11 is 0. The van der Waals surface area contributed by atoms with Gasteiger partial charge in [0.15, 0.2) is 0 Å². The maximum Gasteiger partial charge on any atom is 0.117 e. The van der Waals surface area contributed by atoms with Crippen molar-refractivity contribution in [3.8, 4) is 0 Å². The Balaban J connectivity index is 2.12. The molecule has 1 atom stereocenters. The van der Waals surface area contributed by atoms with Crippen LogP contribution in [-0.2, 0) is 6.54 Å². The lowest BCUT2D eigenvalue weighted by Gasteiger charge is -2.14. The maximum atomic E-state index is 5.49. The van der Waals surface area contributed by atoms with Gasteiger partial charge in [0, 0.05) is 12.6 Å². The molecule has 0 radical (unpaired) electrons. The molecule has 0 spiro atoms. The van der Waals surface area contributed by atoms with Gasteiger partial charge in [0.1, 0.15) is 11.5 Å². The van der Waals surface area contributed by atoms with Crippen LogP contribution in [0.25, 0.3) is 0 Å². The van der Waals surface area contributed by atoms with Crippen LogP contribution in [0.1, 0.15) is 32.3 Å². The van der Waals surface area contributed by atoms with Gasteiger partial charge < -0.3 is 15.1 Å². The van der Waals surface area contributed by atoms with Crippen molar-refractivity contribution in [1.82, 2.24) is 10.6 Å². The molecule has 0 bridgehead atoms. The van der Waals surface area contributed by atoms with Gasteiger partial charge in [-0.15, -0.1) is 0 Å². The molecule has 0 saturated heterocycles. The Morgan fingerprint density at radius 3 is 2.50 bits per heavy atom. The molecule has 2 N–H and O–H groups in total. The Kier molecular flexibility index (Phi) is 5.56. The van der Waals surface area contributed by atoms with Crippen molar-refractivity contribution in [3.05, 3.63) is 23.7 Å². The van der Waals surface area contributed by atoms with E-state index in [4.69, 9.17) is 4.42 Å². The average Bonchev–Trinajstić information content (AvgIpc) is 2.61. The molecule has 0 fully saturated rings. The van der Waals surface area contributed by atoms with Crippen LogP contribution in [0, 0.1) is 12.8 Å². The average molecular weight is 224 g/mol. The Hall–Kier alpha value is -0.800. The Morgan fingerprint density at radius 2 is 1.94 bits per heavy atom. The predicted octanol–water partition coefficient (Wildman–Crippen LogP) is 2.31. The van der Waals surface area contributed by atoms with E-state index >= 15 is 0 Å². The molecule has 0 aliphatic carbocycles. The van der Waals surface area contributed by atoms with Crippen molar-refractivity contribution in [2.24, 2.45) is 5.92 Å². The fourth-order valence-corrected chi connectivity index (χ4v) is 1.52. The molecule has 0 aromatic carbocycles. The molecule has 3 nitrogen and oxygen atoms in total. The highest BCUT2D eigenvalue weighted by molar-refractivity contribution is 5.05. The van der Waals surface area contributed by atoms with E-state index in [0.29, 0.717) is 12.0 Å². The zero-order chi connectivity index (χ0) is 12.0. The zero-order valence-electron chi connectivity index (χ0n) is 10.8.